The molecule has 0 atom stereocenters. The van der Waals surface area contributed by atoms with E-state index in [2.05, 4.69) is 0 Å². The van der Waals surface area contributed by atoms with E-state index in [1.165, 1.54) is 30.3 Å². The average Bonchev–Trinajstić information content (AvgIpc) is 2.39. The predicted molar refractivity (Wildman–Crippen MR) is 68.2 cm³/mol. The molecule has 0 radical (unpaired) electrons. The number of nitrogen functional groups attached to an aromatic ring is 1. The molecule has 0 bridgehead atoms. The quantitative estimate of drug-likeness (QED) is 0.843. The van der Waals surface area contributed by atoms with E-state index in [9.17, 15) is 18.0 Å². The van der Waals surface area contributed by atoms with E-state index in [0.29, 0.717) is 0 Å². The fourth-order valence-corrected chi connectivity index (χ4v) is 1.91. The molecule has 0 aromatic heterocycles. The summed E-state index contributed by atoms with van der Waals surface area (Å²) in [6.07, 6.45) is -2.96. The normalized spacial score (nSPS) is 10.8. The van der Waals surface area contributed by atoms with Gasteiger partial charge in [-0.1, -0.05) is 30.3 Å². The minimum absolute atomic E-state index is 0.0740. The maximum absolute atomic E-state index is 14.0. The zero-order valence-electron chi connectivity index (χ0n) is 10.1. The number of hydrogen-bond donors (Lipinski definition) is 2. The number of carbonyl (C=O) groups is 1. The molecule has 2 aromatic rings. The highest BCUT2D eigenvalue weighted by Crippen LogP contribution is 2.34. The lowest BCUT2D eigenvalue weighted by atomic mass is 9.98. The molecule has 0 spiro atoms. The van der Waals surface area contributed by atoms with Crippen LogP contribution in [0.15, 0.2) is 36.4 Å². The van der Waals surface area contributed by atoms with Crippen molar-refractivity contribution in [2.24, 2.45) is 0 Å². The van der Waals surface area contributed by atoms with Gasteiger partial charge < -0.3 is 10.8 Å². The molecule has 0 saturated carbocycles. The Morgan fingerprint density at radius 3 is 2.30 bits per heavy atom. The number of para-hydroxylation sites is 1. The molecule has 3 nitrogen and oxygen atoms in total. The molecule has 104 valence electrons. The van der Waals surface area contributed by atoms with Gasteiger partial charge in [-0.25, -0.2) is 18.0 Å². The number of hydrogen-bond acceptors (Lipinski definition) is 2. The number of aromatic carboxylic acids is 1. The van der Waals surface area contributed by atoms with Crippen LogP contribution in [0.4, 0.5) is 18.9 Å². The number of carboxylic acids is 1. The van der Waals surface area contributed by atoms with E-state index < -0.39 is 23.8 Å². The smallest absolute Gasteiger partial charge is 0.337 e. The van der Waals surface area contributed by atoms with E-state index in [1.54, 1.807) is 0 Å². The van der Waals surface area contributed by atoms with Gasteiger partial charge in [0.25, 0.3) is 6.43 Å². The summed E-state index contributed by atoms with van der Waals surface area (Å²) in [5.41, 5.74) is 4.49. The van der Waals surface area contributed by atoms with Gasteiger partial charge in [0, 0.05) is 11.1 Å². The van der Waals surface area contributed by atoms with Crippen LogP contribution in [0.3, 0.4) is 0 Å². The molecule has 2 rings (SSSR count). The second kappa shape index (κ2) is 5.24. The molecular weight excluding hydrogens is 271 g/mol. The average molecular weight is 281 g/mol. The molecule has 0 unspecified atom stereocenters. The summed E-state index contributed by atoms with van der Waals surface area (Å²) in [6, 6.07) is 7.54. The van der Waals surface area contributed by atoms with Gasteiger partial charge in [0.15, 0.2) is 0 Å². The Hall–Kier alpha value is -2.50. The van der Waals surface area contributed by atoms with Crippen LogP contribution in [-0.2, 0) is 0 Å². The number of carboxylic acid groups (broad SMARTS) is 1. The first-order valence-electron chi connectivity index (χ1n) is 5.62. The van der Waals surface area contributed by atoms with E-state index in [4.69, 9.17) is 10.8 Å². The fourth-order valence-electron chi connectivity index (χ4n) is 1.91. The van der Waals surface area contributed by atoms with Crippen molar-refractivity contribution < 1.29 is 23.1 Å². The molecule has 0 aliphatic carbocycles. The summed E-state index contributed by atoms with van der Waals surface area (Å²) in [7, 11) is 0. The number of rotatable bonds is 3. The van der Waals surface area contributed by atoms with Gasteiger partial charge in [0.2, 0.25) is 0 Å². The van der Waals surface area contributed by atoms with Crippen molar-refractivity contribution in [3.05, 3.63) is 53.3 Å². The van der Waals surface area contributed by atoms with E-state index in [-0.39, 0.29) is 22.4 Å². The Kier molecular flexibility index (Phi) is 3.65. The first kappa shape index (κ1) is 13.9. The Labute approximate surface area is 112 Å². The summed E-state index contributed by atoms with van der Waals surface area (Å²) < 4.78 is 39.4. The predicted octanol–water partition coefficient (Wildman–Crippen LogP) is 3.71. The molecular formula is C14H10F3NO2. The number of nitrogens with two attached hydrogens (primary N) is 1. The van der Waals surface area contributed by atoms with Crippen LogP contribution in [0.5, 0.6) is 0 Å². The van der Waals surface area contributed by atoms with Gasteiger partial charge in [-0.3, -0.25) is 0 Å². The third-order valence-electron chi connectivity index (χ3n) is 2.89. The van der Waals surface area contributed by atoms with Gasteiger partial charge in [-0.15, -0.1) is 0 Å². The van der Waals surface area contributed by atoms with Gasteiger partial charge in [-0.2, -0.15) is 0 Å². The van der Waals surface area contributed by atoms with Crippen LogP contribution in [0.1, 0.15) is 22.3 Å². The third-order valence-corrected chi connectivity index (χ3v) is 2.89. The summed E-state index contributed by atoms with van der Waals surface area (Å²) in [4.78, 5) is 11.0. The summed E-state index contributed by atoms with van der Waals surface area (Å²) in [5, 5.41) is 8.96. The second-order valence-corrected chi connectivity index (χ2v) is 4.08. The van der Waals surface area contributed by atoms with E-state index >= 15 is 0 Å². The molecule has 2 aromatic carbocycles. The van der Waals surface area contributed by atoms with Crippen LogP contribution >= 0.6 is 0 Å². The van der Waals surface area contributed by atoms with Crippen molar-refractivity contribution >= 4 is 11.7 Å². The molecule has 6 heteroatoms. The standard InChI is InChI=1S/C14H10F3NO2/c15-11-7(3-1-5-9(11)13(16)17)8-4-2-6-10(12(8)18)14(19)20/h1-6,13H,18H2,(H,19,20). The lowest BCUT2D eigenvalue weighted by Crippen LogP contribution is -2.04. The highest BCUT2D eigenvalue weighted by atomic mass is 19.3. The minimum atomic E-state index is -2.96. The van der Waals surface area contributed by atoms with Crippen molar-refractivity contribution in [3.8, 4) is 11.1 Å². The van der Waals surface area contributed by atoms with E-state index in [1.807, 2.05) is 0 Å². The molecule has 0 heterocycles. The number of halogens is 3. The van der Waals surface area contributed by atoms with Crippen LogP contribution in [0.25, 0.3) is 11.1 Å². The highest BCUT2D eigenvalue weighted by Gasteiger charge is 2.20. The maximum Gasteiger partial charge on any atom is 0.337 e. The van der Waals surface area contributed by atoms with Crippen molar-refractivity contribution in [1.82, 2.24) is 0 Å². The number of alkyl halides is 2. The molecule has 0 aliphatic heterocycles. The SMILES string of the molecule is Nc1c(C(=O)O)cccc1-c1cccc(C(F)F)c1F. The molecule has 3 N–H and O–H groups in total. The van der Waals surface area contributed by atoms with Crippen LogP contribution in [-0.4, -0.2) is 11.1 Å². The summed E-state index contributed by atoms with van der Waals surface area (Å²) >= 11 is 0. The monoisotopic (exact) mass is 281 g/mol. The maximum atomic E-state index is 14.0. The van der Waals surface area contributed by atoms with Crippen LogP contribution in [0.2, 0.25) is 0 Å². The van der Waals surface area contributed by atoms with Gasteiger partial charge in [0.1, 0.15) is 5.82 Å². The lowest BCUT2D eigenvalue weighted by Gasteiger charge is -2.11. The minimum Gasteiger partial charge on any atom is -0.478 e. The largest absolute Gasteiger partial charge is 0.478 e. The zero-order chi connectivity index (χ0) is 14.9. The van der Waals surface area contributed by atoms with Crippen molar-refractivity contribution in [2.75, 3.05) is 5.73 Å². The molecule has 0 fully saturated rings. The van der Waals surface area contributed by atoms with Gasteiger partial charge in [-0.05, 0) is 6.07 Å². The van der Waals surface area contributed by atoms with Crippen molar-refractivity contribution in [2.45, 2.75) is 6.43 Å². The Balaban J connectivity index is 2.67. The van der Waals surface area contributed by atoms with Gasteiger partial charge >= 0.3 is 5.97 Å². The lowest BCUT2D eigenvalue weighted by molar-refractivity contribution is 0.0698. The van der Waals surface area contributed by atoms with Gasteiger partial charge in [0.05, 0.1) is 16.8 Å². The van der Waals surface area contributed by atoms with Crippen molar-refractivity contribution in [1.29, 1.82) is 0 Å². The summed E-state index contributed by atoms with van der Waals surface area (Å²) in [6.45, 7) is 0. The van der Waals surface area contributed by atoms with E-state index in [0.717, 1.165) is 6.07 Å². The Bertz CT molecular complexity index is 671. The topological polar surface area (TPSA) is 63.3 Å². The van der Waals surface area contributed by atoms with Crippen LogP contribution in [0, 0.1) is 5.82 Å². The first-order valence-corrected chi connectivity index (χ1v) is 5.62. The number of benzene rings is 2. The fraction of sp³-hybridized carbons (Fsp3) is 0.0714. The molecule has 0 saturated heterocycles. The Morgan fingerprint density at radius 2 is 1.70 bits per heavy atom. The third kappa shape index (κ3) is 2.32. The second-order valence-electron chi connectivity index (χ2n) is 4.08. The molecule has 20 heavy (non-hydrogen) atoms. The Morgan fingerprint density at radius 1 is 1.10 bits per heavy atom. The van der Waals surface area contributed by atoms with Crippen molar-refractivity contribution in [3.63, 3.8) is 0 Å². The number of anilines is 1. The summed E-state index contributed by atoms with van der Waals surface area (Å²) in [5.74, 6) is -2.37. The zero-order valence-corrected chi connectivity index (χ0v) is 10.1. The molecule has 0 amide bonds. The first-order chi connectivity index (χ1) is 9.43. The van der Waals surface area contributed by atoms with Crippen LogP contribution < -0.4 is 5.73 Å². The highest BCUT2D eigenvalue weighted by molar-refractivity contribution is 5.98. The molecule has 0 aliphatic rings.